The zero-order valence-electron chi connectivity index (χ0n) is 11.2. The number of hydrogen-bond donors (Lipinski definition) is 1. The number of carboxylic acids is 1. The first kappa shape index (κ1) is 15.8. The van der Waals surface area contributed by atoms with Crippen LogP contribution in [0.2, 0.25) is 5.02 Å². The predicted molar refractivity (Wildman–Crippen MR) is 79.1 cm³/mol. The molecule has 2 rings (SSSR count). The molecule has 5 nitrogen and oxygen atoms in total. The molecule has 0 saturated carbocycles. The number of nitrogens with zero attached hydrogens (tertiary/aromatic N) is 3. The summed E-state index contributed by atoms with van der Waals surface area (Å²) in [6, 6.07) is 4.42. The number of halogens is 2. The van der Waals surface area contributed by atoms with E-state index in [1.54, 1.807) is 10.6 Å². The molecule has 0 saturated heterocycles. The van der Waals surface area contributed by atoms with Gasteiger partial charge >= 0.3 is 5.97 Å². The van der Waals surface area contributed by atoms with Crippen LogP contribution in [0.15, 0.2) is 23.4 Å². The normalized spacial score (nSPS) is 10.8. The molecule has 0 fully saturated rings. The number of carbonyl (C=O) groups is 1. The van der Waals surface area contributed by atoms with E-state index in [1.807, 2.05) is 6.92 Å². The minimum atomic E-state index is -0.926. The van der Waals surface area contributed by atoms with E-state index in [-0.39, 0.29) is 10.8 Å². The van der Waals surface area contributed by atoms with E-state index in [0.717, 1.165) is 18.2 Å². The summed E-state index contributed by atoms with van der Waals surface area (Å²) >= 11 is 6.76. The molecule has 112 valence electrons. The highest BCUT2D eigenvalue weighted by Crippen LogP contribution is 2.26. The van der Waals surface area contributed by atoms with E-state index in [9.17, 15) is 9.18 Å². The first-order valence-corrected chi connectivity index (χ1v) is 7.62. The van der Waals surface area contributed by atoms with Gasteiger partial charge in [0, 0.05) is 12.1 Å². The van der Waals surface area contributed by atoms with Crippen molar-refractivity contribution in [3.63, 3.8) is 0 Å². The molecule has 2 aromatic rings. The quantitative estimate of drug-likeness (QED) is 0.823. The van der Waals surface area contributed by atoms with E-state index in [1.165, 1.54) is 12.1 Å². The molecule has 1 aromatic carbocycles. The van der Waals surface area contributed by atoms with Crippen molar-refractivity contribution < 1.29 is 14.3 Å². The van der Waals surface area contributed by atoms with Crippen LogP contribution in [-0.4, -0.2) is 31.6 Å². The smallest absolute Gasteiger partial charge is 0.313 e. The molecule has 1 aromatic heterocycles. The molecule has 21 heavy (non-hydrogen) atoms. The highest BCUT2D eigenvalue weighted by molar-refractivity contribution is 7.99. The van der Waals surface area contributed by atoms with Crippen LogP contribution in [0.25, 0.3) is 11.4 Å². The Kier molecular flexibility index (Phi) is 5.19. The van der Waals surface area contributed by atoms with Gasteiger partial charge in [0.05, 0.1) is 10.8 Å². The van der Waals surface area contributed by atoms with Gasteiger partial charge in [-0.05, 0) is 24.6 Å². The second-order valence-corrected chi connectivity index (χ2v) is 5.62. The summed E-state index contributed by atoms with van der Waals surface area (Å²) in [6.07, 6.45) is 0.821. The van der Waals surface area contributed by atoms with Gasteiger partial charge < -0.3 is 9.67 Å². The highest BCUT2D eigenvalue weighted by Gasteiger charge is 2.16. The van der Waals surface area contributed by atoms with Crippen LogP contribution < -0.4 is 0 Å². The van der Waals surface area contributed by atoms with E-state index in [4.69, 9.17) is 16.7 Å². The highest BCUT2D eigenvalue weighted by atomic mass is 35.5. The van der Waals surface area contributed by atoms with Crippen LogP contribution in [0, 0.1) is 5.82 Å². The fourth-order valence-electron chi connectivity index (χ4n) is 1.80. The van der Waals surface area contributed by atoms with Gasteiger partial charge in [-0.1, -0.05) is 30.3 Å². The monoisotopic (exact) mass is 329 g/mol. The van der Waals surface area contributed by atoms with Gasteiger partial charge in [0.25, 0.3) is 0 Å². The van der Waals surface area contributed by atoms with Crippen molar-refractivity contribution in [1.29, 1.82) is 0 Å². The Morgan fingerprint density at radius 3 is 2.86 bits per heavy atom. The van der Waals surface area contributed by atoms with E-state index in [0.29, 0.717) is 23.1 Å². The van der Waals surface area contributed by atoms with Crippen molar-refractivity contribution in [3.8, 4) is 11.4 Å². The molecule has 0 spiro atoms. The summed E-state index contributed by atoms with van der Waals surface area (Å²) in [5, 5.41) is 17.3. The van der Waals surface area contributed by atoms with Crippen molar-refractivity contribution in [3.05, 3.63) is 29.0 Å². The van der Waals surface area contributed by atoms with Crippen LogP contribution in [0.5, 0.6) is 0 Å². The maximum Gasteiger partial charge on any atom is 0.313 e. The Morgan fingerprint density at radius 1 is 1.48 bits per heavy atom. The first-order chi connectivity index (χ1) is 10.0. The zero-order valence-corrected chi connectivity index (χ0v) is 12.8. The Labute approximate surface area is 130 Å². The second-order valence-electron chi connectivity index (χ2n) is 4.27. The average Bonchev–Trinajstić information content (AvgIpc) is 2.83. The Bertz CT molecular complexity index is 663. The number of thioether (sulfide) groups is 1. The summed E-state index contributed by atoms with van der Waals surface area (Å²) in [4.78, 5) is 10.7. The standard InChI is InChI=1S/C13H13ClFN3O2S/c1-2-5-18-12(8-3-4-9(14)10(15)6-8)16-17-13(18)21-7-11(19)20/h3-4,6H,2,5,7H2,1H3,(H,19,20). The third-order valence-electron chi connectivity index (χ3n) is 2.67. The summed E-state index contributed by atoms with van der Waals surface area (Å²) in [5.41, 5.74) is 0.556. The Hall–Kier alpha value is -1.60. The van der Waals surface area contributed by atoms with Crippen LogP contribution in [0.4, 0.5) is 4.39 Å². The molecule has 8 heteroatoms. The minimum absolute atomic E-state index is 0.0424. The van der Waals surface area contributed by atoms with Gasteiger partial charge in [-0.2, -0.15) is 0 Å². The number of aromatic nitrogens is 3. The van der Waals surface area contributed by atoms with E-state index >= 15 is 0 Å². The molecular formula is C13H13ClFN3O2S. The molecule has 1 heterocycles. The van der Waals surface area contributed by atoms with Gasteiger partial charge in [-0.3, -0.25) is 4.79 Å². The second kappa shape index (κ2) is 6.91. The zero-order chi connectivity index (χ0) is 15.4. The molecule has 0 aliphatic carbocycles. The van der Waals surface area contributed by atoms with Crippen molar-refractivity contribution in [2.45, 2.75) is 25.0 Å². The lowest BCUT2D eigenvalue weighted by Gasteiger charge is -2.08. The van der Waals surface area contributed by atoms with Crippen molar-refractivity contribution in [2.24, 2.45) is 0 Å². The lowest BCUT2D eigenvalue weighted by Crippen LogP contribution is -2.04. The summed E-state index contributed by atoms with van der Waals surface area (Å²) in [6.45, 7) is 2.60. The SMILES string of the molecule is CCCn1c(SCC(=O)O)nnc1-c1ccc(Cl)c(F)c1. The number of aliphatic carboxylic acids is 1. The van der Waals surface area contributed by atoms with Crippen molar-refractivity contribution >= 4 is 29.3 Å². The topological polar surface area (TPSA) is 68.0 Å². The number of carboxylic acid groups (broad SMARTS) is 1. The average molecular weight is 330 g/mol. The van der Waals surface area contributed by atoms with Crippen molar-refractivity contribution in [2.75, 3.05) is 5.75 Å². The Balaban J connectivity index is 2.38. The maximum atomic E-state index is 13.6. The molecule has 0 atom stereocenters. The van der Waals surface area contributed by atoms with Crippen LogP contribution >= 0.6 is 23.4 Å². The van der Waals surface area contributed by atoms with Gasteiger partial charge in [-0.25, -0.2) is 4.39 Å². The lowest BCUT2D eigenvalue weighted by molar-refractivity contribution is -0.133. The number of benzene rings is 1. The van der Waals surface area contributed by atoms with Gasteiger partial charge in [0.15, 0.2) is 11.0 Å². The molecule has 1 N–H and O–H groups in total. The number of rotatable bonds is 6. The van der Waals surface area contributed by atoms with E-state index < -0.39 is 11.8 Å². The molecule has 0 unspecified atom stereocenters. The molecular weight excluding hydrogens is 317 g/mol. The predicted octanol–water partition coefficient (Wildman–Crippen LogP) is 3.32. The molecule has 0 bridgehead atoms. The molecule has 0 aliphatic rings. The largest absolute Gasteiger partial charge is 0.481 e. The van der Waals surface area contributed by atoms with Gasteiger partial charge in [0.2, 0.25) is 0 Å². The van der Waals surface area contributed by atoms with E-state index in [2.05, 4.69) is 10.2 Å². The lowest BCUT2D eigenvalue weighted by atomic mass is 10.2. The number of hydrogen-bond acceptors (Lipinski definition) is 4. The molecule has 0 radical (unpaired) electrons. The maximum absolute atomic E-state index is 13.6. The third-order valence-corrected chi connectivity index (χ3v) is 3.92. The van der Waals surface area contributed by atoms with Crippen molar-refractivity contribution in [1.82, 2.24) is 14.8 Å². The van der Waals surface area contributed by atoms with Gasteiger partial charge in [0.1, 0.15) is 5.82 Å². The summed E-state index contributed by atoms with van der Waals surface area (Å²) in [7, 11) is 0. The third kappa shape index (κ3) is 3.74. The molecule has 0 amide bonds. The van der Waals surface area contributed by atoms with Crippen LogP contribution in [0.3, 0.4) is 0 Å². The van der Waals surface area contributed by atoms with Crippen LogP contribution in [0.1, 0.15) is 13.3 Å². The first-order valence-electron chi connectivity index (χ1n) is 6.26. The van der Waals surface area contributed by atoms with Gasteiger partial charge in [-0.15, -0.1) is 10.2 Å². The fraction of sp³-hybridized carbons (Fsp3) is 0.308. The summed E-state index contributed by atoms with van der Waals surface area (Å²) in [5.74, 6) is -1.05. The summed E-state index contributed by atoms with van der Waals surface area (Å²) < 4.78 is 15.4. The minimum Gasteiger partial charge on any atom is -0.481 e. The molecule has 0 aliphatic heterocycles. The fourth-order valence-corrected chi connectivity index (χ4v) is 2.60. The van der Waals surface area contributed by atoms with Crippen LogP contribution in [-0.2, 0) is 11.3 Å². The Morgan fingerprint density at radius 2 is 2.24 bits per heavy atom.